The fourth-order valence-corrected chi connectivity index (χ4v) is 3.00. The molecule has 0 amide bonds. The second-order valence-corrected chi connectivity index (χ2v) is 5.84. The van der Waals surface area contributed by atoms with E-state index in [9.17, 15) is 13.2 Å². The van der Waals surface area contributed by atoms with E-state index in [4.69, 9.17) is 16.9 Å². The van der Waals surface area contributed by atoms with E-state index in [-0.39, 0.29) is 5.02 Å². The van der Waals surface area contributed by atoms with E-state index in [1.807, 2.05) is 11.0 Å². The molecule has 0 fully saturated rings. The van der Waals surface area contributed by atoms with Gasteiger partial charge in [-0.3, -0.25) is 0 Å². The Morgan fingerprint density at radius 2 is 1.87 bits per heavy atom. The van der Waals surface area contributed by atoms with Crippen molar-refractivity contribution in [3.8, 4) is 6.07 Å². The molecule has 0 bridgehead atoms. The highest BCUT2D eigenvalue weighted by Crippen LogP contribution is 2.37. The molecule has 2 nitrogen and oxygen atoms in total. The van der Waals surface area contributed by atoms with Crippen molar-refractivity contribution in [2.24, 2.45) is 0 Å². The summed E-state index contributed by atoms with van der Waals surface area (Å²) in [6.07, 6.45) is -3.75. The second-order valence-electron chi connectivity index (χ2n) is 5.43. The summed E-state index contributed by atoms with van der Waals surface area (Å²) in [6.45, 7) is 1.10. The number of hydrogen-bond donors (Lipinski definition) is 0. The van der Waals surface area contributed by atoms with Crippen LogP contribution in [-0.2, 0) is 19.1 Å². The Morgan fingerprint density at radius 3 is 2.57 bits per heavy atom. The normalized spacial score (nSPS) is 14.3. The van der Waals surface area contributed by atoms with Gasteiger partial charge in [-0.1, -0.05) is 17.7 Å². The first-order chi connectivity index (χ1) is 10.9. The number of nitriles is 1. The summed E-state index contributed by atoms with van der Waals surface area (Å²) in [5.74, 6) is 0. The van der Waals surface area contributed by atoms with Gasteiger partial charge in [-0.05, 0) is 47.9 Å². The molecule has 118 valence electrons. The van der Waals surface area contributed by atoms with Gasteiger partial charge in [-0.15, -0.1) is 0 Å². The Kier molecular flexibility index (Phi) is 3.95. The van der Waals surface area contributed by atoms with E-state index in [0.717, 1.165) is 23.6 Å². The van der Waals surface area contributed by atoms with E-state index < -0.39 is 11.7 Å². The van der Waals surface area contributed by atoms with Gasteiger partial charge in [0, 0.05) is 18.8 Å². The number of alkyl halides is 3. The maximum Gasteiger partial charge on any atom is 0.417 e. The number of nitrogens with zero attached hydrogens (tertiary/aromatic N) is 2. The molecule has 1 aliphatic heterocycles. The minimum absolute atomic E-state index is 0.301. The summed E-state index contributed by atoms with van der Waals surface area (Å²) in [5, 5.41) is 8.67. The van der Waals surface area contributed by atoms with Gasteiger partial charge in [-0.2, -0.15) is 18.4 Å². The van der Waals surface area contributed by atoms with Crippen LogP contribution in [-0.4, -0.2) is 6.54 Å². The number of rotatable bonds is 1. The standard InChI is InChI=1S/C17H12ClF3N2/c18-16-4-3-14(8-15(16)17(19,20)21)23-6-5-12-2-1-11(9-22)7-13(12)10-23/h1-4,7-8H,5-6,10H2. The molecule has 23 heavy (non-hydrogen) atoms. The van der Waals surface area contributed by atoms with Crippen LogP contribution in [0.5, 0.6) is 0 Å². The number of halogens is 4. The molecule has 0 radical (unpaired) electrons. The van der Waals surface area contributed by atoms with Gasteiger partial charge >= 0.3 is 6.18 Å². The number of fused-ring (bicyclic) bond motifs is 1. The Hall–Kier alpha value is -2.19. The van der Waals surface area contributed by atoms with Crippen LogP contribution in [0.25, 0.3) is 0 Å². The zero-order valence-electron chi connectivity index (χ0n) is 12.0. The first-order valence-corrected chi connectivity index (χ1v) is 7.40. The van der Waals surface area contributed by atoms with Crippen LogP contribution in [0.15, 0.2) is 36.4 Å². The van der Waals surface area contributed by atoms with Crippen LogP contribution in [0.1, 0.15) is 22.3 Å². The summed E-state index contributed by atoms with van der Waals surface area (Å²) in [4.78, 5) is 1.87. The lowest BCUT2D eigenvalue weighted by Gasteiger charge is -2.31. The van der Waals surface area contributed by atoms with Crippen LogP contribution in [0, 0.1) is 11.3 Å². The van der Waals surface area contributed by atoms with E-state index in [0.29, 0.717) is 24.3 Å². The van der Waals surface area contributed by atoms with Gasteiger partial charge in [-0.25, -0.2) is 0 Å². The largest absolute Gasteiger partial charge is 0.417 e. The summed E-state index contributed by atoms with van der Waals surface area (Å²) < 4.78 is 39.0. The molecule has 0 atom stereocenters. The maximum atomic E-state index is 13.0. The van der Waals surface area contributed by atoms with Gasteiger partial charge in [0.05, 0.1) is 22.2 Å². The molecule has 0 unspecified atom stereocenters. The minimum Gasteiger partial charge on any atom is -0.367 e. The lowest BCUT2D eigenvalue weighted by Crippen LogP contribution is -2.30. The number of benzene rings is 2. The quantitative estimate of drug-likeness (QED) is 0.748. The van der Waals surface area contributed by atoms with E-state index in [1.165, 1.54) is 6.07 Å². The monoisotopic (exact) mass is 336 g/mol. The Balaban J connectivity index is 1.93. The summed E-state index contributed by atoms with van der Waals surface area (Å²) in [6, 6.07) is 11.5. The fourth-order valence-electron chi connectivity index (χ4n) is 2.77. The molecule has 0 N–H and O–H groups in total. The van der Waals surface area contributed by atoms with Crippen molar-refractivity contribution >= 4 is 17.3 Å². The molecule has 1 aliphatic rings. The number of hydrogen-bond acceptors (Lipinski definition) is 2. The van der Waals surface area contributed by atoms with E-state index in [1.54, 1.807) is 18.2 Å². The zero-order chi connectivity index (χ0) is 16.6. The van der Waals surface area contributed by atoms with Gasteiger partial charge in [0.25, 0.3) is 0 Å². The highest BCUT2D eigenvalue weighted by Gasteiger charge is 2.34. The highest BCUT2D eigenvalue weighted by atomic mass is 35.5. The average molecular weight is 337 g/mol. The average Bonchev–Trinajstić information content (AvgIpc) is 2.53. The molecule has 0 aromatic heterocycles. The molecule has 2 aromatic rings. The van der Waals surface area contributed by atoms with Gasteiger partial charge in [0.1, 0.15) is 0 Å². The van der Waals surface area contributed by atoms with Crippen LogP contribution in [0.3, 0.4) is 0 Å². The SMILES string of the molecule is N#Cc1ccc2c(c1)CN(c1ccc(Cl)c(C(F)(F)F)c1)CC2. The predicted octanol–water partition coefficient (Wildman–Crippen LogP) is 4.79. The minimum atomic E-state index is -4.48. The topological polar surface area (TPSA) is 27.0 Å². The first-order valence-electron chi connectivity index (χ1n) is 7.02. The van der Waals surface area contributed by atoms with Crippen molar-refractivity contribution in [3.05, 3.63) is 63.7 Å². The summed E-state index contributed by atoms with van der Waals surface area (Å²) in [7, 11) is 0. The number of anilines is 1. The van der Waals surface area contributed by atoms with Gasteiger partial charge < -0.3 is 4.90 Å². The third kappa shape index (κ3) is 3.13. The predicted molar refractivity (Wildman–Crippen MR) is 82.4 cm³/mol. The van der Waals surface area contributed by atoms with Crippen molar-refractivity contribution in [2.75, 3.05) is 11.4 Å². The molecule has 0 spiro atoms. The van der Waals surface area contributed by atoms with E-state index in [2.05, 4.69) is 6.07 Å². The molecule has 6 heteroatoms. The first kappa shape index (κ1) is 15.7. The van der Waals surface area contributed by atoms with Crippen LogP contribution in [0.4, 0.5) is 18.9 Å². The molecule has 0 saturated heterocycles. The molecule has 0 aliphatic carbocycles. The Bertz CT molecular complexity index is 793. The zero-order valence-corrected chi connectivity index (χ0v) is 12.7. The van der Waals surface area contributed by atoms with E-state index >= 15 is 0 Å². The molecule has 3 rings (SSSR count). The molecule has 2 aromatic carbocycles. The van der Waals surface area contributed by atoms with Crippen molar-refractivity contribution in [3.63, 3.8) is 0 Å². The molecule has 0 saturated carbocycles. The Morgan fingerprint density at radius 1 is 1.09 bits per heavy atom. The molecular weight excluding hydrogens is 325 g/mol. The third-order valence-corrected chi connectivity index (χ3v) is 4.30. The summed E-state index contributed by atoms with van der Waals surface area (Å²) >= 11 is 5.67. The van der Waals surface area contributed by atoms with Crippen molar-refractivity contribution < 1.29 is 13.2 Å². The highest BCUT2D eigenvalue weighted by molar-refractivity contribution is 6.31. The fraction of sp³-hybridized carbons (Fsp3) is 0.235. The molecular formula is C17H12ClF3N2. The van der Waals surface area contributed by atoms with Crippen molar-refractivity contribution in [1.29, 1.82) is 5.26 Å². The Labute approximate surface area is 136 Å². The van der Waals surface area contributed by atoms with Crippen LogP contribution < -0.4 is 4.90 Å². The summed E-state index contributed by atoms with van der Waals surface area (Å²) in [5.41, 5.74) is 2.31. The third-order valence-electron chi connectivity index (χ3n) is 3.97. The lowest BCUT2D eigenvalue weighted by molar-refractivity contribution is -0.137. The van der Waals surface area contributed by atoms with Crippen molar-refractivity contribution in [2.45, 2.75) is 19.1 Å². The lowest BCUT2D eigenvalue weighted by atomic mass is 9.97. The van der Waals surface area contributed by atoms with Crippen molar-refractivity contribution in [1.82, 2.24) is 0 Å². The van der Waals surface area contributed by atoms with Gasteiger partial charge in [0.15, 0.2) is 0 Å². The van der Waals surface area contributed by atoms with Crippen LogP contribution >= 0.6 is 11.6 Å². The van der Waals surface area contributed by atoms with Gasteiger partial charge in [0.2, 0.25) is 0 Å². The second kappa shape index (κ2) is 5.78. The van der Waals surface area contributed by atoms with Crippen LogP contribution in [0.2, 0.25) is 5.02 Å². The molecule has 1 heterocycles. The smallest absolute Gasteiger partial charge is 0.367 e. The maximum absolute atomic E-state index is 13.0.